The van der Waals surface area contributed by atoms with Crippen molar-refractivity contribution in [2.75, 3.05) is 0 Å². The molecular weight excluding hydrogens is 628 g/mol. The molecule has 0 radical (unpaired) electrons. The number of hydrogen-bond acceptors (Lipinski definition) is 13. The number of nitrogens with zero attached hydrogens (tertiary/aromatic N) is 6. The summed E-state index contributed by atoms with van der Waals surface area (Å²) in [6.07, 6.45) is 0. The van der Waals surface area contributed by atoms with E-state index in [0.717, 1.165) is 24.3 Å². The van der Waals surface area contributed by atoms with Crippen LogP contribution in [0.5, 0.6) is 17.2 Å². The monoisotopic (exact) mass is 648 g/mol. The molecule has 0 atom stereocenters. The van der Waals surface area contributed by atoms with Crippen molar-refractivity contribution in [3.05, 3.63) is 91.0 Å². The van der Waals surface area contributed by atoms with Crippen LogP contribution >= 0.6 is 0 Å². The molecule has 0 saturated heterocycles. The second-order valence-corrected chi connectivity index (χ2v) is 12.0. The van der Waals surface area contributed by atoms with E-state index in [1.54, 1.807) is 60.7 Å². The maximum absolute atomic E-state index is 12.0. The van der Waals surface area contributed by atoms with Crippen LogP contribution in [0.15, 0.2) is 131 Å². The van der Waals surface area contributed by atoms with Gasteiger partial charge in [-0.3, -0.25) is 9.11 Å². The van der Waals surface area contributed by atoms with E-state index in [9.17, 15) is 41.3 Å². The van der Waals surface area contributed by atoms with Gasteiger partial charge in [-0.05, 0) is 47.9 Å². The van der Waals surface area contributed by atoms with Crippen LogP contribution in [0, 0.1) is 0 Å². The van der Waals surface area contributed by atoms with Gasteiger partial charge < -0.3 is 15.3 Å². The van der Waals surface area contributed by atoms with E-state index < -0.39 is 58.7 Å². The Morgan fingerprint density at radius 1 is 0.489 bits per heavy atom. The highest BCUT2D eigenvalue weighted by Gasteiger charge is 2.21. The van der Waals surface area contributed by atoms with E-state index in [1.807, 2.05) is 0 Å². The van der Waals surface area contributed by atoms with Gasteiger partial charge in [0.15, 0.2) is 17.2 Å². The third kappa shape index (κ3) is 6.97. The van der Waals surface area contributed by atoms with Crippen LogP contribution in [0.2, 0.25) is 0 Å². The Bertz CT molecular complexity index is 2240. The van der Waals surface area contributed by atoms with Gasteiger partial charge in [-0.15, -0.1) is 20.5 Å². The molecule has 0 fully saturated rings. The minimum Gasteiger partial charge on any atom is -0.507 e. The predicted molar refractivity (Wildman–Crippen MR) is 160 cm³/mol. The molecule has 0 saturated carbocycles. The van der Waals surface area contributed by atoms with Crippen molar-refractivity contribution in [1.82, 2.24) is 0 Å². The first-order valence-electron chi connectivity index (χ1n) is 12.5. The van der Waals surface area contributed by atoms with Gasteiger partial charge in [-0.1, -0.05) is 36.4 Å². The third-order valence-corrected chi connectivity index (χ3v) is 7.74. The van der Waals surface area contributed by atoms with Crippen LogP contribution in [0.4, 0.5) is 34.1 Å². The lowest BCUT2D eigenvalue weighted by atomic mass is 10.1. The molecule has 5 aromatic rings. The summed E-state index contributed by atoms with van der Waals surface area (Å²) in [6, 6.07) is 21.2. The molecule has 5 aromatic carbocycles. The second kappa shape index (κ2) is 12.2. The average molecular weight is 649 g/mol. The van der Waals surface area contributed by atoms with Crippen molar-refractivity contribution >= 4 is 65.1 Å². The van der Waals surface area contributed by atoms with Crippen molar-refractivity contribution in [3.8, 4) is 17.2 Å². The van der Waals surface area contributed by atoms with Gasteiger partial charge in [0.25, 0.3) is 20.2 Å². The fourth-order valence-corrected chi connectivity index (χ4v) is 5.05. The zero-order valence-electron chi connectivity index (χ0n) is 22.5. The topological polar surface area (TPSA) is 244 Å². The van der Waals surface area contributed by atoms with Crippen LogP contribution in [0.3, 0.4) is 0 Å². The average Bonchev–Trinajstić information content (AvgIpc) is 2.99. The summed E-state index contributed by atoms with van der Waals surface area (Å²) in [6.45, 7) is 0. The van der Waals surface area contributed by atoms with Crippen LogP contribution in [-0.4, -0.2) is 41.3 Å². The number of rotatable bonds is 8. The molecule has 5 N–H and O–H groups in total. The summed E-state index contributed by atoms with van der Waals surface area (Å²) >= 11 is 0. The van der Waals surface area contributed by atoms with E-state index >= 15 is 0 Å². The smallest absolute Gasteiger partial charge is 0.294 e. The lowest BCUT2D eigenvalue weighted by molar-refractivity contribution is 0.454. The lowest BCUT2D eigenvalue weighted by Gasteiger charge is -2.10. The van der Waals surface area contributed by atoms with E-state index in [0.29, 0.717) is 17.4 Å². The number of hydrogen-bond donors (Lipinski definition) is 5. The zero-order chi connectivity index (χ0) is 32.4. The van der Waals surface area contributed by atoms with Gasteiger partial charge in [0.05, 0.1) is 32.2 Å². The maximum atomic E-state index is 12.0. The highest BCUT2D eigenvalue weighted by molar-refractivity contribution is 7.86. The Balaban J connectivity index is 1.70. The Hall–Kier alpha value is -5.62. The number of phenolic OH excluding ortho intramolecular Hbond substituents is 3. The van der Waals surface area contributed by atoms with Gasteiger partial charge >= 0.3 is 0 Å². The van der Waals surface area contributed by atoms with Crippen LogP contribution in [0.25, 0.3) is 10.8 Å². The molecule has 0 spiro atoms. The Kier molecular flexibility index (Phi) is 8.34. The van der Waals surface area contributed by atoms with Crippen LogP contribution in [-0.2, 0) is 20.2 Å². The summed E-state index contributed by atoms with van der Waals surface area (Å²) in [5, 5.41) is 55.9. The van der Waals surface area contributed by atoms with Gasteiger partial charge in [0.2, 0.25) is 0 Å². The number of benzene rings is 5. The molecule has 0 aliphatic carbocycles. The Labute approximate surface area is 254 Å². The summed E-state index contributed by atoms with van der Waals surface area (Å²) < 4.78 is 66.4. The molecule has 17 heteroatoms. The van der Waals surface area contributed by atoms with E-state index in [4.69, 9.17) is 0 Å². The molecule has 0 bridgehead atoms. The largest absolute Gasteiger partial charge is 0.507 e. The van der Waals surface area contributed by atoms with Gasteiger partial charge in [0.1, 0.15) is 17.1 Å². The zero-order valence-corrected chi connectivity index (χ0v) is 24.2. The molecule has 0 unspecified atom stereocenters. The Morgan fingerprint density at radius 2 is 0.933 bits per heavy atom. The number of phenols is 3. The first kappa shape index (κ1) is 30.8. The van der Waals surface area contributed by atoms with E-state index in [-0.39, 0.29) is 22.1 Å². The number of fused-ring (bicyclic) bond motifs is 1. The molecular formula is C28H20N6O9S2. The van der Waals surface area contributed by atoms with E-state index in [1.165, 1.54) is 0 Å². The molecule has 0 aliphatic rings. The minimum atomic E-state index is -4.89. The molecule has 0 amide bonds. The van der Waals surface area contributed by atoms with Crippen molar-refractivity contribution in [1.29, 1.82) is 0 Å². The molecule has 45 heavy (non-hydrogen) atoms. The van der Waals surface area contributed by atoms with Crippen molar-refractivity contribution in [3.63, 3.8) is 0 Å². The predicted octanol–water partition coefficient (Wildman–Crippen LogP) is 7.70. The minimum absolute atomic E-state index is 0.218. The van der Waals surface area contributed by atoms with Crippen LogP contribution in [0.1, 0.15) is 0 Å². The summed E-state index contributed by atoms with van der Waals surface area (Å²) in [4.78, 5) is -1.51. The molecule has 0 aromatic heterocycles. The third-order valence-electron chi connectivity index (χ3n) is 6.07. The fourth-order valence-electron chi connectivity index (χ4n) is 3.98. The summed E-state index contributed by atoms with van der Waals surface area (Å²) in [5.74, 6) is -2.07. The van der Waals surface area contributed by atoms with Crippen LogP contribution < -0.4 is 0 Å². The summed E-state index contributed by atoms with van der Waals surface area (Å²) in [5.41, 5.74) is -0.639. The first-order valence-corrected chi connectivity index (χ1v) is 15.4. The quantitative estimate of drug-likeness (QED) is 0.0816. The Morgan fingerprint density at radius 3 is 1.44 bits per heavy atom. The first-order chi connectivity index (χ1) is 21.3. The SMILES string of the molecule is O=S(=O)(O)c1cc(O)c2c(N=Nc3cc(N=Nc4ccccc4)c(O)c(N=Nc4ccccc4)c3O)cc(S(=O)(=O)O)cc2c1. The number of azo groups is 3. The van der Waals surface area contributed by atoms with Crippen molar-refractivity contribution < 1.29 is 41.3 Å². The van der Waals surface area contributed by atoms with Gasteiger partial charge in [0, 0.05) is 12.1 Å². The van der Waals surface area contributed by atoms with Gasteiger partial charge in [-0.2, -0.15) is 27.1 Å². The summed E-state index contributed by atoms with van der Waals surface area (Å²) in [7, 11) is -9.71. The lowest BCUT2D eigenvalue weighted by Crippen LogP contribution is -2.00. The maximum Gasteiger partial charge on any atom is 0.294 e. The van der Waals surface area contributed by atoms with Gasteiger partial charge in [-0.25, -0.2) is 0 Å². The molecule has 0 aliphatic heterocycles. The molecule has 0 heterocycles. The van der Waals surface area contributed by atoms with Crippen molar-refractivity contribution in [2.45, 2.75) is 9.79 Å². The molecule has 15 nitrogen and oxygen atoms in total. The standard InChI is InChI=1S/C28H20N6O9S2/c35-24-14-20(45(41,42)43)12-16-11-19(44(38,39)40)13-21(25(16)24)31-33-23-15-22(32-29-17-7-3-1-4-8-17)27(36)26(28(23)37)34-30-18-9-5-2-6-10-18/h1-15,35-37H,(H,38,39,40)(H,41,42,43). The normalized spacial score (nSPS) is 12.6. The second-order valence-electron chi connectivity index (χ2n) is 9.16. The molecule has 228 valence electrons. The highest BCUT2D eigenvalue weighted by Crippen LogP contribution is 2.50. The number of aromatic hydroxyl groups is 3. The highest BCUT2D eigenvalue weighted by atomic mass is 32.2. The molecule has 5 rings (SSSR count). The fraction of sp³-hybridized carbons (Fsp3) is 0. The van der Waals surface area contributed by atoms with E-state index in [2.05, 4.69) is 30.7 Å². The van der Waals surface area contributed by atoms with Crippen molar-refractivity contribution in [2.24, 2.45) is 30.7 Å².